The molecule has 0 aliphatic carbocycles. The molecule has 2 saturated heterocycles. The first-order valence-corrected chi connectivity index (χ1v) is 9.33. The largest absolute Gasteiger partial charge is 0.376 e. The molecule has 1 aromatic rings. The summed E-state index contributed by atoms with van der Waals surface area (Å²) in [5.74, 6) is -0.222. The first kappa shape index (κ1) is 18.7. The molecule has 26 heavy (non-hydrogen) atoms. The number of amides is 2. The molecule has 2 atom stereocenters. The van der Waals surface area contributed by atoms with Crippen molar-refractivity contribution < 1.29 is 19.1 Å². The van der Waals surface area contributed by atoms with Gasteiger partial charge >= 0.3 is 0 Å². The van der Waals surface area contributed by atoms with Gasteiger partial charge in [0.2, 0.25) is 5.91 Å². The lowest BCUT2D eigenvalue weighted by Crippen LogP contribution is -2.35. The number of hydrogen-bond acceptors (Lipinski definition) is 5. The first-order valence-electron chi connectivity index (χ1n) is 9.33. The Morgan fingerprint density at radius 3 is 2.35 bits per heavy atom. The van der Waals surface area contributed by atoms with E-state index in [-0.39, 0.29) is 30.6 Å². The highest BCUT2D eigenvalue weighted by molar-refractivity contribution is 5.95. The molecule has 2 heterocycles. The van der Waals surface area contributed by atoms with Crippen molar-refractivity contribution in [2.24, 2.45) is 0 Å². The lowest BCUT2D eigenvalue weighted by molar-refractivity contribution is -0.119. The minimum atomic E-state index is -0.132. The third-order valence-electron chi connectivity index (χ3n) is 4.64. The fourth-order valence-electron chi connectivity index (χ4n) is 3.16. The average Bonchev–Trinajstić information content (AvgIpc) is 3.36. The van der Waals surface area contributed by atoms with Gasteiger partial charge in [0.15, 0.2) is 0 Å². The number of benzene rings is 1. The van der Waals surface area contributed by atoms with Gasteiger partial charge in [0.05, 0.1) is 18.8 Å². The van der Waals surface area contributed by atoms with E-state index in [4.69, 9.17) is 9.47 Å². The number of nitrogens with one attached hydrogen (secondary N) is 3. The molecule has 0 saturated carbocycles. The zero-order valence-electron chi connectivity index (χ0n) is 15.0. The third kappa shape index (κ3) is 5.71. The summed E-state index contributed by atoms with van der Waals surface area (Å²) in [5.41, 5.74) is 1.30. The van der Waals surface area contributed by atoms with Crippen LogP contribution in [0.5, 0.6) is 0 Å². The van der Waals surface area contributed by atoms with Gasteiger partial charge in [-0.3, -0.25) is 9.59 Å². The van der Waals surface area contributed by atoms with Crippen LogP contribution >= 0.6 is 0 Å². The molecule has 2 aliphatic rings. The van der Waals surface area contributed by atoms with Gasteiger partial charge in [-0.15, -0.1) is 0 Å². The lowest BCUT2D eigenvalue weighted by Gasteiger charge is -2.13. The second-order valence-electron chi connectivity index (χ2n) is 6.72. The Hall–Kier alpha value is -2.12. The Labute approximate surface area is 153 Å². The van der Waals surface area contributed by atoms with Crippen LogP contribution in [0.1, 0.15) is 36.0 Å². The molecule has 2 unspecified atom stereocenters. The zero-order valence-corrected chi connectivity index (χ0v) is 15.0. The predicted molar refractivity (Wildman–Crippen MR) is 98.2 cm³/mol. The number of hydrogen-bond donors (Lipinski definition) is 3. The van der Waals surface area contributed by atoms with E-state index in [0.29, 0.717) is 18.7 Å². The highest BCUT2D eigenvalue weighted by Gasteiger charge is 2.17. The molecule has 2 amide bonds. The van der Waals surface area contributed by atoms with E-state index in [9.17, 15) is 9.59 Å². The fourth-order valence-corrected chi connectivity index (χ4v) is 3.16. The van der Waals surface area contributed by atoms with Gasteiger partial charge in [-0.2, -0.15) is 0 Å². The van der Waals surface area contributed by atoms with Crippen molar-refractivity contribution in [3.63, 3.8) is 0 Å². The topological polar surface area (TPSA) is 88.7 Å². The quantitative estimate of drug-likeness (QED) is 0.650. The van der Waals surface area contributed by atoms with Crippen molar-refractivity contribution in [3.05, 3.63) is 29.8 Å². The van der Waals surface area contributed by atoms with Crippen molar-refractivity contribution in [1.29, 1.82) is 0 Å². The van der Waals surface area contributed by atoms with E-state index in [1.807, 2.05) is 6.07 Å². The zero-order chi connectivity index (χ0) is 18.2. The highest BCUT2D eigenvalue weighted by atomic mass is 16.5. The number of carbonyl (C=O) groups excluding carboxylic acids is 2. The van der Waals surface area contributed by atoms with Crippen molar-refractivity contribution in [3.8, 4) is 0 Å². The summed E-state index contributed by atoms with van der Waals surface area (Å²) < 4.78 is 11.0. The molecule has 0 radical (unpaired) electrons. The van der Waals surface area contributed by atoms with Gasteiger partial charge in [0.1, 0.15) is 0 Å². The van der Waals surface area contributed by atoms with Gasteiger partial charge in [0, 0.05) is 37.6 Å². The van der Waals surface area contributed by atoms with E-state index in [1.54, 1.807) is 18.2 Å². The smallest absolute Gasteiger partial charge is 0.251 e. The molecular formula is C19H27N3O4. The fraction of sp³-hybridized carbons (Fsp3) is 0.579. The molecule has 0 spiro atoms. The lowest BCUT2D eigenvalue weighted by atomic mass is 10.1. The maximum atomic E-state index is 12.3. The van der Waals surface area contributed by atoms with E-state index >= 15 is 0 Å². The second kappa shape index (κ2) is 9.54. The van der Waals surface area contributed by atoms with Crippen LogP contribution in [0.15, 0.2) is 24.3 Å². The van der Waals surface area contributed by atoms with Crippen LogP contribution in [-0.4, -0.2) is 56.9 Å². The minimum Gasteiger partial charge on any atom is -0.376 e. The Morgan fingerprint density at radius 2 is 1.69 bits per heavy atom. The molecule has 2 fully saturated rings. The maximum Gasteiger partial charge on any atom is 0.251 e. The van der Waals surface area contributed by atoms with Gasteiger partial charge in [-0.1, -0.05) is 6.07 Å². The summed E-state index contributed by atoms with van der Waals surface area (Å²) in [6, 6.07) is 7.14. The van der Waals surface area contributed by atoms with Gasteiger partial charge in [-0.05, 0) is 43.9 Å². The molecule has 0 bridgehead atoms. The van der Waals surface area contributed by atoms with Crippen molar-refractivity contribution in [2.75, 3.05) is 38.2 Å². The van der Waals surface area contributed by atoms with E-state index in [0.717, 1.165) is 44.6 Å². The summed E-state index contributed by atoms with van der Waals surface area (Å²) in [7, 11) is 0. The second-order valence-corrected chi connectivity index (χ2v) is 6.72. The first-order chi connectivity index (χ1) is 12.7. The van der Waals surface area contributed by atoms with E-state index in [2.05, 4.69) is 16.0 Å². The van der Waals surface area contributed by atoms with Crippen LogP contribution in [0, 0.1) is 0 Å². The Morgan fingerprint density at radius 1 is 1.00 bits per heavy atom. The van der Waals surface area contributed by atoms with Crippen LogP contribution in [-0.2, 0) is 14.3 Å². The van der Waals surface area contributed by atoms with Gasteiger partial charge in [0.25, 0.3) is 5.91 Å². The van der Waals surface area contributed by atoms with Crippen LogP contribution in [0.2, 0.25) is 0 Å². The molecule has 7 heteroatoms. The monoisotopic (exact) mass is 361 g/mol. The number of ether oxygens (including phenoxy) is 2. The molecule has 142 valence electrons. The number of anilines is 1. The molecule has 2 aliphatic heterocycles. The summed E-state index contributed by atoms with van der Waals surface area (Å²) in [6.45, 7) is 2.79. The molecule has 3 rings (SSSR count). The molecule has 1 aromatic carbocycles. The van der Waals surface area contributed by atoms with Gasteiger partial charge in [-0.25, -0.2) is 0 Å². The Balaban J connectivity index is 1.41. The van der Waals surface area contributed by atoms with Gasteiger partial charge < -0.3 is 25.4 Å². The summed E-state index contributed by atoms with van der Waals surface area (Å²) >= 11 is 0. The number of carbonyl (C=O) groups is 2. The summed E-state index contributed by atoms with van der Waals surface area (Å²) in [5, 5.41) is 8.82. The van der Waals surface area contributed by atoms with E-state index < -0.39 is 0 Å². The molecule has 3 N–H and O–H groups in total. The highest BCUT2D eigenvalue weighted by Crippen LogP contribution is 2.13. The summed E-state index contributed by atoms with van der Waals surface area (Å²) in [4.78, 5) is 24.2. The van der Waals surface area contributed by atoms with Crippen LogP contribution in [0.3, 0.4) is 0 Å². The normalized spacial score (nSPS) is 22.2. The van der Waals surface area contributed by atoms with Crippen molar-refractivity contribution >= 4 is 17.5 Å². The van der Waals surface area contributed by atoms with Crippen LogP contribution in [0.4, 0.5) is 5.69 Å². The van der Waals surface area contributed by atoms with Crippen molar-refractivity contribution in [1.82, 2.24) is 10.6 Å². The van der Waals surface area contributed by atoms with Crippen LogP contribution < -0.4 is 16.0 Å². The average molecular weight is 361 g/mol. The molecule has 7 nitrogen and oxygen atoms in total. The van der Waals surface area contributed by atoms with E-state index in [1.165, 1.54) is 0 Å². The third-order valence-corrected chi connectivity index (χ3v) is 4.64. The Bertz CT molecular complexity index is 611. The predicted octanol–water partition coefficient (Wildman–Crippen LogP) is 1.30. The minimum absolute atomic E-state index is 0.0891. The molecule has 0 aromatic heterocycles. The van der Waals surface area contributed by atoms with Crippen LogP contribution in [0.25, 0.3) is 0 Å². The van der Waals surface area contributed by atoms with Crippen molar-refractivity contribution in [2.45, 2.75) is 37.9 Å². The SMILES string of the molecule is O=C(CNc1cccc(C(=O)NCC2CCCO2)c1)NCC1CCCO1. The number of rotatable bonds is 8. The Kier molecular flexibility index (Phi) is 6.85. The summed E-state index contributed by atoms with van der Waals surface area (Å²) in [6.07, 6.45) is 4.34. The maximum absolute atomic E-state index is 12.3. The standard InChI is InChI=1S/C19H27N3O4/c23-18(21-11-16-6-2-8-25-16)13-20-15-5-1-4-14(10-15)19(24)22-12-17-7-3-9-26-17/h1,4-5,10,16-17,20H,2-3,6-9,11-13H2,(H,21,23)(H,22,24). The molecular weight excluding hydrogens is 334 g/mol.